The Morgan fingerprint density at radius 2 is 1.41 bits per heavy atom. The van der Waals surface area contributed by atoms with Crippen molar-refractivity contribution in [2.45, 2.75) is 172 Å². The van der Waals surface area contributed by atoms with Crippen molar-refractivity contribution in [1.82, 2.24) is 0 Å². The van der Waals surface area contributed by atoms with E-state index in [0.717, 1.165) is 0 Å². The third-order valence-corrected chi connectivity index (χ3v) is 16.3. The molecule has 0 aromatic rings. The Labute approximate surface area is 342 Å². The maximum Gasteiger partial charge on any atom is 0.397 e. The van der Waals surface area contributed by atoms with Gasteiger partial charge in [0, 0.05) is 19.4 Å². The zero-order valence-electron chi connectivity index (χ0n) is 34.7. The van der Waals surface area contributed by atoms with Crippen LogP contribution >= 0.6 is 0 Å². The second kappa shape index (κ2) is 17.8. The van der Waals surface area contributed by atoms with E-state index in [9.17, 15) is 53.8 Å². The largest absolute Gasteiger partial charge is 0.397 e. The lowest BCUT2D eigenvalue weighted by Gasteiger charge is -2.66. The van der Waals surface area contributed by atoms with Crippen molar-refractivity contribution in [3.63, 3.8) is 0 Å². The third kappa shape index (κ3) is 8.79. The van der Waals surface area contributed by atoms with Crippen molar-refractivity contribution in [3.05, 3.63) is 0 Å². The number of ether oxygens (including phenoxy) is 5. The average Bonchev–Trinajstić information content (AvgIpc) is 3.36. The van der Waals surface area contributed by atoms with E-state index in [2.05, 4.69) is 20.8 Å². The van der Waals surface area contributed by atoms with Crippen LogP contribution in [0.5, 0.6) is 0 Å². The molecule has 2 saturated heterocycles. The van der Waals surface area contributed by atoms with E-state index in [0.29, 0.717) is 51.4 Å². The molecule has 0 bridgehead atoms. The van der Waals surface area contributed by atoms with Gasteiger partial charge in [-0.2, -0.15) is 8.42 Å². The highest BCUT2D eigenvalue weighted by Crippen LogP contribution is 2.70. The molecule has 2 aliphatic heterocycles. The van der Waals surface area contributed by atoms with Crippen LogP contribution in [-0.4, -0.2) is 160 Å². The monoisotopic (exact) mass is 854 g/mol. The fourth-order valence-corrected chi connectivity index (χ4v) is 13.4. The van der Waals surface area contributed by atoms with Crippen LogP contribution in [0.1, 0.15) is 92.4 Å². The molecule has 6 fully saturated rings. The predicted octanol–water partition coefficient (Wildman–Crippen LogP) is 0.512. The maximum atomic E-state index is 13.0. The molecular formula is C40H70O17S. The van der Waals surface area contributed by atoms with Crippen molar-refractivity contribution >= 4 is 10.4 Å². The van der Waals surface area contributed by atoms with Gasteiger partial charge >= 0.3 is 10.4 Å². The fourth-order valence-electron chi connectivity index (χ4n) is 12.9. The standard InChI is InChI=1S/C40H70O17S/c1-19(2)21(11-14-53-36-31(46)29(44)25(42)17-54-36)8-7-20(3)28-33(57-58(49,50)51)32(47)35-39(28,5)13-10-27-38(4)12-9-22(15-23(38)24(41)16-40(27,35)48)56-37-34(52-6)30(45)26(43)18-55-37/h19-37,41-48H,7-18H2,1-6H3,(H,49,50,51)/t20-,21-,22+,23-,24+,25-,26-,27-,28+,29+,30+,31-,32+,33-,34-,35-,36-,37+,38+,39-,40+/m1/s1. The van der Waals surface area contributed by atoms with Gasteiger partial charge in [0.1, 0.15) is 42.7 Å². The molecule has 0 spiro atoms. The Bertz CT molecular complexity index is 1490. The summed E-state index contributed by atoms with van der Waals surface area (Å²) < 4.78 is 68.7. The Morgan fingerprint density at radius 3 is 2.05 bits per heavy atom. The lowest BCUT2D eigenvalue weighted by Crippen LogP contribution is -2.69. The first-order valence-electron chi connectivity index (χ1n) is 21.2. The maximum absolute atomic E-state index is 13.0. The minimum Gasteiger partial charge on any atom is -0.393 e. The summed E-state index contributed by atoms with van der Waals surface area (Å²) in [6.45, 7) is 10.1. The normalized spacial score (nSPS) is 49.5. The van der Waals surface area contributed by atoms with Crippen LogP contribution in [0.4, 0.5) is 0 Å². The summed E-state index contributed by atoms with van der Waals surface area (Å²) >= 11 is 0. The number of aliphatic hydroxyl groups excluding tert-OH is 7. The molecule has 4 aliphatic carbocycles. The fraction of sp³-hybridized carbons (Fsp3) is 1.00. The molecule has 6 aliphatic rings. The van der Waals surface area contributed by atoms with E-state index in [-0.39, 0.29) is 61.9 Å². The summed E-state index contributed by atoms with van der Waals surface area (Å²) in [5, 5.41) is 87.7. The molecule has 0 aromatic heterocycles. The van der Waals surface area contributed by atoms with Crippen LogP contribution in [0, 0.1) is 52.3 Å². The number of rotatable bonds is 14. The van der Waals surface area contributed by atoms with Crippen molar-refractivity contribution in [2.24, 2.45) is 52.3 Å². The number of hydrogen-bond donors (Lipinski definition) is 9. The highest BCUT2D eigenvalue weighted by molar-refractivity contribution is 7.80. The van der Waals surface area contributed by atoms with Crippen LogP contribution in [0.25, 0.3) is 0 Å². The number of hydrogen-bond acceptors (Lipinski definition) is 16. The second-order valence-electron chi connectivity index (χ2n) is 19.4. The van der Waals surface area contributed by atoms with Crippen LogP contribution in [0.3, 0.4) is 0 Å². The van der Waals surface area contributed by atoms with Crippen molar-refractivity contribution in [2.75, 3.05) is 26.9 Å². The van der Waals surface area contributed by atoms with Crippen molar-refractivity contribution in [3.8, 4) is 0 Å². The Morgan fingerprint density at radius 1 is 0.776 bits per heavy atom. The molecule has 17 nitrogen and oxygen atoms in total. The zero-order valence-corrected chi connectivity index (χ0v) is 35.5. The molecule has 4 saturated carbocycles. The van der Waals surface area contributed by atoms with Gasteiger partial charge in [-0.05, 0) is 91.3 Å². The van der Waals surface area contributed by atoms with Gasteiger partial charge in [-0.25, -0.2) is 4.18 Å². The van der Waals surface area contributed by atoms with Gasteiger partial charge < -0.3 is 64.5 Å². The molecule has 58 heavy (non-hydrogen) atoms. The molecule has 18 heteroatoms. The smallest absolute Gasteiger partial charge is 0.393 e. The molecule has 338 valence electrons. The molecular weight excluding hydrogens is 784 g/mol. The van der Waals surface area contributed by atoms with E-state index >= 15 is 0 Å². The molecule has 6 rings (SSSR count). The van der Waals surface area contributed by atoms with E-state index in [1.807, 2.05) is 13.8 Å². The Balaban J connectivity index is 1.17. The molecule has 0 aromatic carbocycles. The quantitative estimate of drug-likeness (QED) is 0.0851. The van der Waals surface area contributed by atoms with E-state index in [1.54, 1.807) is 0 Å². The topological polar surface area (TPSA) is 272 Å². The highest BCUT2D eigenvalue weighted by Gasteiger charge is 2.73. The Kier molecular flexibility index (Phi) is 14.4. The molecule has 9 N–H and O–H groups in total. The highest BCUT2D eigenvalue weighted by atomic mass is 32.3. The van der Waals surface area contributed by atoms with Gasteiger partial charge in [0.2, 0.25) is 0 Å². The SMILES string of the molecule is CO[C@H]1[C@H](O[C@H]2CC[C@@]3(C)[C@H](C2)[C@@H](O)C[C@]2(O)[C@@H]3CC[C@]3(C)[C@@H]([C@H](C)CC[C@H](CCO[C@@H]4OC[C@@H](O)[C@H](O)[C@H]4O)C(C)C)[C@@H](OS(=O)(=O)O)[C@H](O)[C@H]32)OC[C@@H](O)[C@@H]1O. The summed E-state index contributed by atoms with van der Waals surface area (Å²) in [5.41, 5.74) is -3.01. The van der Waals surface area contributed by atoms with Crippen LogP contribution in [-0.2, 0) is 38.3 Å². The minimum atomic E-state index is -5.01. The summed E-state index contributed by atoms with van der Waals surface area (Å²) in [6.07, 6.45) is -8.87. The summed E-state index contributed by atoms with van der Waals surface area (Å²) in [6, 6.07) is 0. The van der Waals surface area contributed by atoms with E-state index in [4.69, 9.17) is 27.9 Å². The predicted molar refractivity (Wildman–Crippen MR) is 204 cm³/mol. The van der Waals surface area contributed by atoms with Crippen LogP contribution in [0.2, 0.25) is 0 Å². The first-order valence-corrected chi connectivity index (χ1v) is 22.6. The molecule has 0 unspecified atom stereocenters. The number of aliphatic hydroxyl groups is 8. The summed E-state index contributed by atoms with van der Waals surface area (Å²) in [4.78, 5) is 0. The third-order valence-electron chi connectivity index (χ3n) is 15.8. The molecule has 0 radical (unpaired) electrons. The zero-order chi connectivity index (χ0) is 42.7. The number of fused-ring (bicyclic) bond motifs is 5. The lowest BCUT2D eigenvalue weighted by molar-refractivity contribution is -0.303. The molecule has 2 heterocycles. The van der Waals surface area contributed by atoms with Gasteiger partial charge in [0.15, 0.2) is 12.6 Å². The van der Waals surface area contributed by atoms with Crippen molar-refractivity contribution < 1.29 is 81.7 Å². The van der Waals surface area contributed by atoms with Gasteiger partial charge in [-0.1, -0.05) is 41.0 Å². The van der Waals surface area contributed by atoms with Crippen LogP contribution in [0.15, 0.2) is 0 Å². The molecule has 21 atom stereocenters. The van der Waals surface area contributed by atoms with Crippen molar-refractivity contribution in [1.29, 1.82) is 0 Å². The van der Waals surface area contributed by atoms with Crippen LogP contribution < -0.4 is 0 Å². The van der Waals surface area contributed by atoms with Gasteiger partial charge in [-0.3, -0.25) is 4.55 Å². The van der Waals surface area contributed by atoms with Gasteiger partial charge in [0.05, 0.1) is 43.7 Å². The minimum absolute atomic E-state index is 0.0575. The Hall–Kier alpha value is -0.650. The van der Waals surface area contributed by atoms with Gasteiger partial charge in [0.25, 0.3) is 0 Å². The van der Waals surface area contributed by atoms with E-state index < -0.39 is 106 Å². The van der Waals surface area contributed by atoms with E-state index in [1.165, 1.54) is 7.11 Å². The molecule has 0 amide bonds. The van der Waals surface area contributed by atoms with Gasteiger partial charge in [-0.15, -0.1) is 0 Å². The summed E-state index contributed by atoms with van der Waals surface area (Å²) in [7, 11) is -3.61. The first-order chi connectivity index (χ1) is 27.1. The lowest BCUT2D eigenvalue weighted by atomic mass is 9.41. The number of methoxy groups -OCH3 is 1. The summed E-state index contributed by atoms with van der Waals surface area (Å²) in [5.74, 6) is -2.02. The first kappa shape index (κ1) is 46.8. The average molecular weight is 855 g/mol. The second-order valence-corrected chi connectivity index (χ2v) is 20.5.